The minimum Gasteiger partial charge on any atom is -0.392 e. The first-order valence-corrected chi connectivity index (χ1v) is 7.33. The van der Waals surface area contributed by atoms with E-state index in [0.29, 0.717) is 11.1 Å². The third-order valence-electron chi connectivity index (χ3n) is 4.48. The maximum atomic E-state index is 10.3. The van der Waals surface area contributed by atoms with Crippen molar-refractivity contribution in [1.29, 1.82) is 0 Å². The molecule has 3 heteroatoms. The zero-order valence-corrected chi connectivity index (χ0v) is 11.9. The van der Waals surface area contributed by atoms with E-state index in [4.69, 9.17) is 0 Å². The van der Waals surface area contributed by atoms with E-state index in [1.807, 2.05) is 36.4 Å². The Morgan fingerprint density at radius 2 is 1.73 bits per heavy atom. The van der Waals surface area contributed by atoms with Gasteiger partial charge in [-0.2, -0.15) is 0 Å². The Balaban J connectivity index is 2.17. The molecule has 22 heavy (non-hydrogen) atoms. The number of fused-ring (bicyclic) bond motifs is 4. The van der Waals surface area contributed by atoms with Crippen molar-refractivity contribution in [1.82, 2.24) is 0 Å². The molecule has 0 heterocycles. The molecule has 0 spiro atoms. The second-order valence-electron chi connectivity index (χ2n) is 5.69. The van der Waals surface area contributed by atoms with Gasteiger partial charge in [0.15, 0.2) is 0 Å². The normalized spacial score (nSPS) is 20.5. The summed E-state index contributed by atoms with van der Waals surface area (Å²) in [5.41, 5.74) is 2.17. The SMILES string of the molecule is OCc1c2c(cc3c1ccc1ccccc13)C=CC(O)C2O. The molecule has 3 N–H and O–H groups in total. The summed E-state index contributed by atoms with van der Waals surface area (Å²) in [7, 11) is 0. The van der Waals surface area contributed by atoms with Crippen LogP contribution in [0.25, 0.3) is 27.6 Å². The molecule has 0 radical (unpaired) electrons. The standard InChI is InChI=1S/C19H16O3/c20-10-16-14-7-5-11-3-1-2-4-13(11)15(14)9-12-6-8-17(21)19(22)18(12)16/h1-9,17,19-22H,10H2. The smallest absolute Gasteiger partial charge is 0.109 e. The van der Waals surface area contributed by atoms with Crippen molar-refractivity contribution >= 4 is 27.6 Å². The average molecular weight is 292 g/mol. The molecular formula is C19H16O3. The number of aliphatic hydroxyl groups is 3. The highest BCUT2D eigenvalue weighted by Gasteiger charge is 2.26. The van der Waals surface area contributed by atoms with Crippen molar-refractivity contribution in [3.63, 3.8) is 0 Å². The van der Waals surface area contributed by atoms with E-state index in [2.05, 4.69) is 12.1 Å². The second-order valence-corrected chi connectivity index (χ2v) is 5.69. The molecule has 0 aliphatic heterocycles. The van der Waals surface area contributed by atoms with Gasteiger partial charge in [0.25, 0.3) is 0 Å². The fraction of sp³-hybridized carbons (Fsp3) is 0.158. The summed E-state index contributed by atoms with van der Waals surface area (Å²) in [5, 5.41) is 34.2. The van der Waals surface area contributed by atoms with E-state index in [1.165, 1.54) is 0 Å². The van der Waals surface area contributed by atoms with E-state index < -0.39 is 12.2 Å². The maximum absolute atomic E-state index is 10.3. The van der Waals surface area contributed by atoms with Gasteiger partial charge in [-0.15, -0.1) is 0 Å². The summed E-state index contributed by atoms with van der Waals surface area (Å²) in [6.45, 7) is -0.171. The maximum Gasteiger partial charge on any atom is 0.109 e. The van der Waals surface area contributed by atoms with E-state index in [1.54, 1.807) is 6.08 Å². The van der Waals surface area contributed by atoms with E-state index in [-0.39, 0.29) is 6.61 Å². The molecule has 0 saturated heterocycles. The first-order chi connectivity index (χ1) is 10.7. The highest BCUT2D eigenvalue weighted by molar-refractivity contribution is 6.09. The zero-order valence-electron chi connectivity index (χ0n) is 11.9. The summed E-state index contributed by atoms with van der Waals surface area (Å²) < 4.78 is 0. The minimum atomic E-state index is -1.00. The quantitative estimate of drug-likeness (QED) is 0.604. The molecule has 110 valence electrons. The Hall–Kier alpha value is -2.20. The monoisotopic (exact) mass is 292 g/mol. The Morgan fingerprint density at radius 1 is 0.909 bits per heavy atom. The lowest BCUT2D eigenvalue weighted by Gasteiger charge is -2.26. The van der Waals surface area contributed by atoms with Crippen molar-refractivity contribution in [2.75, 3.05) is 0 Å². The first kappa shape index (κ1) is 13.5. The van der Waals surface area contributed by atoms with E-state index in [9.17, 15) is 15.3 Å². The molecule has 2 unspecified atom stereocenters. The van der Waals surface area contributed by atoms with Gasteiger partial charge in [-0.25, -0.2) is 0 Å². The molecule has 2 atom stereocenters. The van der Waals surface area contributed by atoms with Gasteiger partial charge in [-0.3, -0.25) is 0 Å². The Morgan fingerprint density at radius 3 is 2.55 bits per heavy atom. The lowest BCUT2D eigenvalue weighted by Crippen LogP contribution is -2.21. The minimum absolute atomic E-state index is 0.171. The average Bonchev–Trinajstić information content (AvgIpc) is 2.56. The van der Waals surface area contributed by atoms with Gasteiger partial charge >= 0.3 is 0 Å². The summed E-state index contributed by atoms with van der Waals surface area (Å²) >= 11 is 0. The van der Waals surface area contributed by atoms with Gasteiger partial charge in [0.05, 0.1) is 6.61 Å². The summed E-state index contributed by atoms with van der Waals surface area (Å²) in [6.07, 6.45) is 1.46. The molecule has 0 aromatic heterocycles. The topological polar surface area (TPSA) is 60.7 Å². The lowest BCUT2D eigenvalue weighted by molar-refractivity contribution is 0.0457. The van der Waals surface area contributed by atoms with Crippen LogP contribution >= 0.6 is 0 Å². The summed E-state index contributed by atoms with van der Waals surface area (Å²) in [6, 6.07) is 14.1. The molecule has 0 saturated carbocycles. The van der Waals surface area contributed by atoms with Crippen molar-refractivity contribution in [2.45, 2.75) is 18.8 Å². The van der Waals surface area contributed by atoms with Crippen LogP contribution in [-0.4, -0.2) is 21.4 Å². The molecule has 3 aromatic rings. The fourth-order valence-corrected chi connectivity index (χ4v) is 3.40. The van der Waals surface area contributed by atoms with Gasteiger partial charge < -0.3 is 15.3 Å². The molecule has 3 aromatic carbocycles. The summed E-state index contributed by atoms with van der Waals surface area (Å²) in [5.74, 6) is 0. The van der Waals surface area contributed by atoms with Crippen LogP contribution in [0.5, 0.6) is 0 Å². The van der Waals surface area contributed by atoms with Crippen LogP contribution in [0.1, 0.15) is 22.8 Å². The molecular weight excluding hydrogens is 276 g/mol. The lowest BCUT2D eigenvalue weighted by atomic mass is 9.84. The van der Waals surface area contributed by atoms with E-state index >= 15 is 0 Å². The number of benzene rings is 3. The Kier molecular flexibility index (Phi) is 3.01. The molecule has 4 rings (SSSR count). The fourth-order valence-electron chi connectivity index (χ4n) is 3.40. The van der Waals surface area contributed by atoms with Crippen molar-refractivity contribution in [3.05, 3.63) is 65.2 Å². The van der Waals surface area contributed by atoms with Gasteiger partial charge in [-0.05, 0) is 44.3 Å². The molecule has 0 fully saturated rings. The van der Waals surface area contributed by atoms with Gasteiger partial charge in [-0.1, -0.05) is 48.6 Å². The van der Waals surface area contributed by atoms with Crippen LogP contribution in [-0.2, 0) is 6.61 Å². The summed E-state index contributed by atoms with van der Waals surface area (Å²) in [4.78, 5) is 0. The van der Waals surface area contributed by atoms with Crippen molar-refractivity contribution < 1.29 is 15.3 Å². The van der Waals surface area contributed by atoms with Gasteiger partial charge in [0, 0.05) is 0 Å². The van der Waals surface area contributed by atoms with Crippen LogP contribution < -0.4 is 0 Å². The van der Waals surface area contributed by atoms with Crippen LogP contribution in [0.3, 0.4) is 0 Å². The van der Waals surface area contributed by atoms with Crippen molar-refractivity contribution in [3.8, 4) is 0 Å². The predicted octanol–water partition coefficient (Wildman–Crippen LogP) is 2.91. The number of hydrogen-bond acceptors (Lipinski definition) is 3. The third kappa shape index (κ3) is 1.80. The molecule has 0 amide bonds. The van der Waals surface area contributed by atoms with Crippen LogP contribution in [0.15, 0.2) is 48.5 Å². The number of aliphatic hydroxyl groups excluding tert-OH is 3. The van der Waals surface area contributed by atoms with Crippen LogP contribution in [0.4, 0.5) is 0 Å². The van der Waals surface area contributed by atoms with Crippen LogP contribution in [0.2, 0.25) is 0 Å². The predicted molar refractivity (Wildman–Crippen MR) is 87.4 cm³/mol. The molecule has 3 nitrogen and oxygen atoms in total. The molecule has 0 bridgehead atoms. The third-order valence-corrected chi connectivity index (χ3v) is 4.48. The number of hydrogen-bond donors (Lipinski definition) is 3. The molecule has 1 aliphatic rings. The van der Waals surface area contributed by atoms with Crippen molar-refractivity contribution in [2.24, 2.45) is 0 Å². The first-order valence-electron chi connectivity index (χ1n) is 7.33. The van der Waals surface area contributed by atoms with E-state index in [0.717, 1.165) is 27.1 Å². The highest BCUT2D eigenvalue weighted by atomic mass is 16.3. The molecule has 1 aliphatic carbocycles. The highest BCUT2D eigenvalue weighted by Crippen LogP contribution is 2.38. The van der Waals surface area contributed by atoms with Gasteiger partial charge in [0.1, 0.15) is 12.2 Å². The van der Waals surface area contributed by atoms with Gasteiger partial charge in [0.2, 0.25) is 0 Å². The van der Waals surface area contributed by atoms with Crippen LogP contribution in [0, 0.1) is 0 Å². The second kappa shape index (κ2) is 4.92. The number of rotatable bonds is 1. The zero-order chi connectivity index (χ0) is 15.3. The Labute approximate surface area is 127 Å². The largest absolute Gasteiger partial charge is 0.392 e. The Bertz CT molecular complexity index is 911.